The molecule has 2 aromatic heterocycles. The van der Waals surface area contributed by atoms with E-state index in [1.807, 2.05) is 24.3 Å². The van der Waals surface area contributed by atoms with Crippen molar-refractivity contribution in [1.29, 1.82) is 0 Å². The fourth-order valence-corrected chi connectivity index (χ4v) is 1.54. The average molecular weight is 267 g/mol. The van der Waals surface area contributed by atoms with Crippen LogP contribution in [0, 0.1) is 0 Å². The van der Waals surface area contributed by atoms with E-state index in [2.05, 4.69) is 0 Å². The van der Waals surface area contributed by atoms with E-state index in [1.54, 1.807) is 12.5 Å². The van der Waals surface area contributed by atoms with Gasteiger partial charge in [0.25, 0.3) is 0 Å². The summed E-state index contributed by atoms with van der Waals surface area (Å²) in [6, 6.07) is 7.57. The first kappa shape index (κ1) is 21.2. The summed E-state index contributed by atoms with van der Waals surface area (Å²) in [4.78, 5) is 0. The third kappa shape index (κ3) is 6.97. The van der Waals surface area contributed by atoms with Crippen molar-refractivity contribution in [2.75, 3.05) is 0 Å². The number of rotatable bonds is 2. The molecule has 0 saturated heterocycles. The maximum atomic E-state index is 5.13. The minimum Gasteiger partial charge on any atom is -1.00 e. The maximum absolute atomic E-state index is 5.13. The molecule has 2 aromatic rings. The van der Waals surface area contributed by atoms with Crippen molar-refractivity contribution in [3.63, 3.8) is 0 Å². The van der Waals surface area contributed by atoms with Gasteiger partial charge in [0.05, 0.1) is 12.5 Å². The topological polar surface area (TPSA) is 26.3 Å². The second-order valence-electron chi connectivity index (χ2n) is 2.01. The summed E-state index contributed by atoms with van der Waals surface area (Å²) < 4.78 is 10.3. The zero-order valence-electron chi connectivity index (χ0n) is 8.19. The van der Waals surface area contributed by atoms with Gasteiger partial charge in [0.15, 0.2) is 0 Å². The monoisotopic (exact) mass is 266 g/mol. The maximum Gasteiger partial charge on any atom is 2.00 e. The predicted octanol–water partition coefficient (Wildman–Crippen LogP) is -7.60. The molecule has 0 saturated carbocycles. The number of furan rings is 2. The van der Waals surface area contributed by atoms with Crippen molar-refractivity contribution < 1.29 is 52.5 Å². The van der Waals surface area contributed by atoms with Crippen LogP contribution < -0.4 is 54.7 Å². The summed E-state index contributed by atoms with van der Waals surface area (Å²) in [5, 5.41) is 0. The van der Waals surface area contributed by atoms with Gasteiger partial charge in [-0.2, -0.15) is 0 Å². The van der Waals surface area contributed by atoms with Crippen LogP contribution in [0.4, 0.5) is 0 Å². The first-order valence-electron chi connectivity index (χ1n) is 3.24. The van der Waals surface area contributed by atoms with Gasteiger partial charge in [0.2, 0.25) is 0 Å². The molecule has 72 valence electrons. The van der Waals surface area contributed by atoms with Crippen molar-refractivity contribution >= 4 is 42.6 Å². The van der Waals surface area contributed by atoms with Crippen LogP contribution in [-0.2, 0) is 0 Å². The molecule has 0 amide bonds. The van der Waals surface area contributed by atoms with Gasteiger partial charge < -0.3 is 42.2 Å². The third-order valence-corrected chi connectivity index (χ3v) is 2.18. The van der Waals surface area contributed by atoms with Gasteiger partial charge in [-0.25, -0.2) is 0 Å². The van der Waals surface area contributed by atoms with Crippen LogP contribution in [0.1, 0.15) is 0 Å². The van der Waals surface area contributed by atoms with Crippen LogP contribution in [0.5, 0.6) is 0 Å². The zero-order chi connectivity index (χ0) is 7.52. The molecular weight excluding hydrogens is 261 g/mol. The Morgan fingerprint density at radius 3 is 1.53 bits per heavy atom. The first-order valence-corrected chi connectivity index (χ1v) is 4.13. The van der Waals surface area contributed by atoms with E-state index in [0.29, 0.717) is 0 Å². The van der Waals surface area contributed by atoms with Gasteiger partial charge in [-0.1, -0.05) is 12.1 Å². The van der Waals surface area contributed by atoms with E-state index in [0.717, 1.165) is 19.6 Å². The molecule has 0 aromatic carbocycles. The molecule has 0 unspecified atom stereocenters. The zero-order valence-corrected chi connectivity index (χ0v) is 12.0. The van der Waals surface area contributed by atoms with Crippen molar-refractivity contribution in [1.82, 2.24) is 0 Å². The first-order chi connectivity index (χ1) is 5.45. The van der Waals surface area contributed by atoms with Crippen LogP contribution in [0.25, 0.3) is 0 Å². The number of hydrogen-bond donors (Lipinski definition) is 0. The standard InChI is InChI=1S/C8H6O2P.2ClH.Li.Mg/c1-3-7(9-5-1)11-8-4-2-6-10-8;;;;/h1-6H;2*1H;;/q-1;;;+1;+2/p-2. The summed E-state index contributed by atoms with van der Waals surface area (Å²) >= 11 is 0. The Hall–Kier alpha value is 0.934. The Balaban J connectivity index is -0.000000360. The smallest absolute Gasteiger partial charge is 1.00 e. The Labute approximate surface area is 131 Å². The average Bonchev–Trinajstić information content (AvgIpc) is 2.60. The molecule has 2 rings (SSSR count). The number of halogens is 2. The Kier molecular flexibility index (Phi) is 16.2. The van der Waals surface area contributed by atoms with Crippen molar-refractivity contribution in [3.05, 3.63) is 36.8 Å². The van der Waals surface area contributed by atoms with E-state index in [9.17, 15) is 0 Å². The molecule has 0 aliphatic rings. The van der Waals surface area contributed by atoms with Crippen LogP contribution in [0.2, 0.25) is 0 Å². The van der Waals surface area contributed by atoms with Crippen LogP contribution >= 0.6 is 8.58 Å². The summed E-state index contributed by atoms with van der Waals surface area (Å²) in [6.45, 7) is 0. The summed E-state index contributed by atoms with van der Waals surface area (Å²) in [6.07, 6.45) is 3.32. The van der Waals surface area contributed by atoms with Gasteiger partial charge >= 0.3 is 41.9 Å². The van der Waals surface area contributed by atoms with E-state index < -0.39 is 0 Å². The summed E-state index contributed by atoms with van der Waals surface area (Å²) in [5.74, 6) is 0. The van der Waals surface area contributed by atoms with Crippen LogP contribution in [0.3, 0.4) is 0 Å². The Morgan fingerprint density at radius 2 is 1.27 bits per heavy atom. The Bertz CT molecular complexity index is 283. The Morgan fingerprint density at radius 1 is 0.867 bits per heavy atom. The molecule has 0 radical (unpaired) electrons. The molecule has 0 aliphatic carbocycles. The largest absolute Gasteiger partial charge is 2.00 e. The molecule has 0 atom stereocenters. The molecule has 2 heterocycles. The second kappa shape index (κ2) is 11.4. The molecule has 7 heteroatoms. The molecule has 0 N–H and O–H groups in total. The van der Waals surface area contributed by atoms with Gasteiger partial charge in [-0.05, 0) is 23.1 Å². The fourth-order valence-electron chi connectivity index (χ4n) is 0.776. The molecule has 2 nitrogen and oxygen atoms in total. The normalized spacial score (nSPS) is 7.47. The third-order valence-electron chi connectivity index (χ3n) is 1.23. The molecule has 0 bridgehead atoms. The molecule has 0 aliphatic heterocycles. The van der Waals surface area contributed by atoms with Gasteiger partial charge in [-0.3, -0.25) is 0 Å². The van der Waals surface area contributed by atoms with E-state index in [-0.39, 0.29) is 66.7 Å². The van der Waals surface area contributed by atoms with E-state index >= 15 is 0 Å². The molecule has 15 heavy (non-hydrogen) atoms. The molecule has 0 fully saturated rings. The quantitative estimate of drug-likeness (QED) is 0.399. The van der Waals surface area contributed by atoms with Crippen molar-refractivity contribution in [2.24, 2.45) is 0 Å². The van der Waals surface area contributed by atoms with Gasteiger partial charge in [-0.15, -0.1) is 0 Å². The van der Waals surface area contributed by atoms with E-state index in [4.69, 9.17) is 8.83 Å². The van der Waals surface area contributed by atoms with E-state index in [1.165, 1.54) is 0 Å². The minimum atomic E-state index is 0. The van der Waals surface area contributed by atoms with Crippen molar-refractivity contribution in [3.8, 4) is 0 Å². The summed E-state index contributed by atoms with van der Waals surface area (Å²) in [7, 11) is 0.980. The summed E-state index contributed by atoms with van der Waals surface area (Å²) in [5.41, 5.74) is 1.81. The molecular formula is C8H6Cl2LiMgO2P. The predicted molar refractivity (Wildman–Crippen MR) is 49.4 cm³/mol. The number of hydrogen-bond acceptors (Lipinski definition) is 2. The van der Waals surface area contributed by atoms with Crippen LogP contribution in [0.15, 0.2) is 45.6 Å². The van der Waals surface area contributed by atoms with Crippen molar-refractivity contribution in [2.45, 2.75) is 0 Å². The second-order valence-corrected chi connectivity index (χ2v) is 3.12. The van der Waals surface area contributed by atoms with Gasteiger partial charge in [0.1, 0.15) is 0 Å². The van der Waals surface area contributed by atoms with Crippen LogP contribution in [-0.4, -0.2) is 23.1 Å². The minimum absolute atomic E-state index is 0. The fraction of sp³-hybridized carbons (Fsp3) is 0. The van der Waals surface area contributed by atoms with Gasteiger partial charge in [0, 0.05) is 0 Å². The molecule has 0 spiro atoms. The SMILES string of the molecule is [Cl-].[Cl-].[Li+].[Mg+2].c1coc([P-]c2ccco2)c1.